The van der Waals surface area contributed by atoms with Gasteiger partial charge in [0, 0.05) is 13.6 Å². The molecule has 0 fully saturated rings. The van der Waals surface area contributed by atoms with Crippen molar-refractivity contribution in [2.75, 3.05) is 13.6 Å². The van der Waals surface area contributed by atoms with Crippen molar-refractivity contribution in [2.45, 2.75) is 17.2 Å². The summed E-state index contributed by atoms with van der Waals surface area (Å²) in [5, 5.41) is 10.8. The Hall–Kier alpha value is -0.430. The van der Waals surface area contributed by atoms with Crippen molar-refractivity contribution in [1.82, 2.24) is 4.31 Å². The summed E-state index contributed by atoms with van der Waals surface area (Å²) in [5.74, 6) is 0. The largest absolute Gasteiger partial charge is 0.392 e. The molecule has 1 N–H and O–H groups in total. The number of aliphatic hydroxyl groups excluding tert-OH is 1. The van der Waals surface area contributed by atoms with Crippen LogP contribution in [0, 0.1) is 0 Å². The lowest BCUT2D eigenvalue weighted by atomic mass is 10.4. The molecule has 0 bridgehead atoms. The molecule has 0 aliphatic rings. The summed E-state index contributed by atoms with van der Waals surface area (Å²) in [5.41, 5.74) is 0. The standard InChI is InChI=1S/C8H13NO3S2/c1-7(10)6-9(2)14(11,12)8-4-3-5-13-8/h3-5,7,10H,6H2,1-2H3. The van der Waals surface area contributed by atoms with E-state index in [0.29, 0.717) is 4.21 Å². The first kappa shape index (κ1) is 11.6. The van der Waals surface area contributed by atoms with Crippen LogP contribution in [-0.2, 0) is 10.0 Å². The molecule has 0 aliphatic carbocycles. The average molecular weight is 235 g/mol. The zero-order valence-corrected chi connectivity index (χ0v) is 9.68. The van der Waals surface area contributed by atoms with Crippen molar-refractivity contribution in [3.63, 3.8) is 0 Å². The van der Waals surface area contributed by atoms with Crippen molar-refractivity contribution in [3.8, 4) is 0 Å². The zero-order chi connectivity index (χ0) is 10.8. The third kappa shape index (κ3) is 2.54. The predicted molar refractivity (Wildman–Crippen MR) is 55.8 cm³/mol. The highest BCUT2D eigenvalue weighted by atomic mass is 32.2. The van der Waals surface area contributed by atoms with Crippen LogP contribution in [0.3, 0.4) is 0 Å². The smallest absolute Gasteiger partial charge is 0.252 e. The SMILES string of the molecule is CC(O)CN(C)S(=O)(=O)c1cccs1. The topological polar surface area (TPSA) is 57.6 Å². The Morgan fingerprint density at radius 1 is 1.64 bits per heavy atom. The van der Waals surface area contributed by atoms with Crippen LogP contribution in [0.1, 0.15) is 6.92 Å². The fourth-order valence-corrected chi connectivity index (χ4v) is 3.49. The summed E-state index contributed by atoms with van der Waals surface area (Å²) in [6.07, 6.45) is -0.658. The summed E-state index contributed by atoms with van der Waals surface area (Å²) < 4.78 is 25.0. The average Bonchev–Trinajstić information content (AvgIpc) is 2.54. The van der Waals surface area contributed by atoms with E-state index < -0.39 is 16.1 Å². The Kier molecular flexibility index (Phi) is 3.65. The van der Waals surface area contributed by atoms with Gasteiger partial charge in [-0.3, -0.25) is 0 Å². The first-order valence-electron chi connectivity index (χ1n) is 4.12. The van der Waals surface area contributed by atoms with Gasteiger partial charge in [0.05, 0.1) is 6.10 Å². The summed E-state index contributed by atoms with van der Waals surface area (Å²) in [6.45, 7) is 1.67. The van der Waals surface area contributed by atoms with Crippen LogP contribution < -0.4 is 0 Å². The lowest BCUT2D eigenvalue weighted by Gasteiger charge is -2.17. The third-order valence-electron chi connectivity index (χ3n) is 1.68. The van der Waals surface area contributed by atoms with E-state index in [1.165, 1.54) is 18.4 Å². The van der Waals surface area contributed by atoms with Gasteiger partial charge in [-0.1, -0.05) is 6.07 Å². The highest BCUT2D eigenvalue weighted by Crippen LogP contribution is 2.19. The van der Waals surface area contributed by atoms with Crippen LogP contribution in [-0.4, -0.2) is 37.5 Å². The maximum atomic E-state index is 11.8. The lowest BCUT2D eigenvalue weighted by molar-refractivity contribution is 0.171. The fraction of sp³-hybridized carbons (Fsp3) is 0.500. The molecule has 0 aromatic carbocycles. The van der Waals surface area contributed by atoms with Gasteiger partial charge in [0.1, 0.15) is 4.21 Å². The molecular weight excluding hydrogens is 222 g/mol. The predicted octanol–water partition coefficient (Wildman–Crippen LogP) is 0.749. The molecule has 4 nitrogen and oxygen atoms in total. The van der Waals surface area contributed by atoms with E-state index in [0.717, 1.165) is 4.31 Å². The van der Waals surface area contributed by atoms with Crippen LogP contribution >= 0.6 is 11.3 Å². The summed E-state index contributed by atoms with van der Waals surface area (Å²) >= 11 is 1.17. The van der Waals surface area contributed by atoms with Crippen LogP contribution in [0.2, 0.25) is 0 Å². The van der Waals surface area contributed by atoms with Crippen LogP contribution in [0.25, 0.3) is 0 Å². The maximum absolute atomic E-state index is 11.8. The molecule has 0 amide bonds. The van der Waals surface area contributed by atoms with Gasteiger partial charge >= 0.3 is 0 Å². The molecule has 0 saturated carbocycles. The third-order valence-corrected chi connectivity index (χ3v) is 4.88. The van der Waals surface area contributed by atoms with Gasteiger partial charge in [0.25, 0.3) is 10.0 Å². The van der Waals surface area contributed by atoms with Gasteiger partial charge in [-0.2, -0.15) is 4.31 Å². The first-order chi connectivity index (χ1) is 6.44. The minimum atomic E-state index is -3.40. The Labute approximate surface area is 87.8 Å². The number of thiophene rings is 1. The fourth-order valence-electron chi connectivity index (χ4n) is 1.03. The molecule has 0 spiro atoms. The van der Waals surface area contributed by atoms with E-state index in [1.54, 1.807) is 24.4 Å². The van der Waals surface area contributed by atoms with E-state index in [4.69, 9.17) is 5.11 Å². The molecule has 1 rings (SSSR count). The number of likely N-dealkylation sites (N-methyl/N-ethyl adjacent to an activating group) is 1. The van der Waals surface area contributed by atoms with E-state index in [1.807, 2.05) is 0 Å². The maximum Gasteiger partial charge on any atom is 0.252 e. The Morgan fingerprint density at radius 2 is 2.29 bits per heavy atom. The molecule has 0 saturated heterocycles. The van der Waals surface area contributed by atoms with Gasteiger partial charge in [-0.15, -0.1) is 11.3 Å². The van der Waals surface area contributed by atoms with Crippen LogP contribution in [0.5, 0.6) is 0 Å². The van der Waals surface area contributed by atoms with Gasteiger partial charge in [-0.05, 0) is 18.4 Å². The minimum Gasteiger partial charge on any atom is -0.392 e. The molecule has 1 atom stereocenters. The second-order valence-corrected chi connectivity index (χ2v) is 6.29. The highest BCUT2D eigenvalue weighted by Gasteiger charge is 2.22. The molecule has 1 aromatic heterocycles. The van der Waals surface area contributed by atoms with Gasteiger partial charge in [0.15, 0.2) is 0 Å². The lowest BCUT2D eigenvalue weighted by Crippen LogP contribution is -2.32. The van der Waals surface area contributed by atoms with Crippen molar-refractivity contribution in [1.29, 1.82) is 0 Å². The number of aliphatic hydroxyl groups is 1. The molecule has 0 radical (unpaired) electrons. The number of hydrogen-bond acceptors (Lipinski definition) is 4. The van der Waals surface area contributed by atoms with Gasteiger partial charge in [0.2, 0.25) is 0 Å². The molecule has 14 heavy (non-hydrogen) atoms. The van der Waals surface area contributed by atoms with E-state index in [9.17, 15) is 8.42 Å². The van der Waals surface area contributed by atoms with Crippen molar-refractivity contribution in [2.24, 2.45) is 0 Å². The second kappa shape index (κ2) is 4.39. The molecule has 1 heterocycles. The number of sulfonamides is 1. The quantitative estimate of drug-likeness (QED) is 0.838. The second-order valence-electron chi connectivity index (χ2n) is 3.07. The highest BCUT2D eigenvalue weighted by molar-refractivity contribution is 7.91. The normalized spacial score (nSPS) is 14.6. The monoisotopic (exact) mass is 235 g/mol. The van der Waals surface area contributed by atoms with Gasteiger partial charge < -0.3 is 5.11 Å². The van der Waals surface area contributed by atoms with Crippen LogP contribution in [0.4, 0.5) is 0 Å². The molecule has 80 valence electrons. The zero-order valence-electron chi connectivity index (χ0n) is 8.04. The van der Waals surface area contributed by atoms with E-state index in [-0.39, 0.29) is 6.54 Å². The summed E-state index contributed by atoms with van der Waals surface area (Å²) in [6, 6.07) is 3.24. The Balaban J connectivity index is 2.86. The van der Waals surface area contributed by atoms with Gasteiger partial charge in [-0.25, -0.2) is 8.42 Å². The number of hydrogen-bond donors (Lipinski definition) is 1. The Bertz CT molecular complexity index is 369. The van der Waals surface area contributed by atoms with E-state index >= 15 is 0 Å². The molecule has 0 aliphatic heterocycles. The van der Waals surface area contributed by atoms with Crippen molar-refractivity contribution in [3.05, 3.63) is 17.5 Å². The first-order valence-corrected chi connectivity index (χ1v) is 6.44. The molecular formula is C8H13NO3S2. The number of rotatable bonds is 4. The van der Waals surface area contributed by atoms with E-state index in [2.05, 4.69) is 0 Å². The van der Waals surface area contributed by atoms with Crippen molar-refractivity contribution >= 4 is 21.4 Å². The molecule has 1 unspecified atom stereocenters. The summed E-state index contributed by atoms with van der Waals surface area (Å²) in [4.78, 5) is 0. The molecule has 6 heteroatoms. The molecule has 1 aromatic rings. The minimum absolute atomic E-state index is 0.111. The van der Waals surface area contributed by atoms with Crippen LogP contribution in [0.15, 0.2) is 21.7 Å². The number of nitrogens with zero attached hydrogens (tertiary/aromatic N) is 1. The van der Waals surface area contributed by atoms with Crippen molar-refractivity contribution < 1.29 is 13.5 Å². The Morgan fingerprint density at radius 3 is 2.71 bits per heavy atom. The summed E-state index contributed by atoms with van der Waals surface area (Å²) in [7, 11) is -1.94.